The van der Waals surface area contributed by atoms with Crippen molar-refractivity contribution in [2.24, 2.45) is 0 Å². The van der Waals surface area contributed by atoms with Crippen molar-refractivity contribution in [3.63, 3.8) is 0 Å². The van der Waals surface area contributed by atoms with E-state index in [1.807, 2.05) is 18.2 Å². The summed E-state index contributed by atoms with van der Waals surface area (Å²) in [5.41, 5.74) is 1.17. The number of pyridine rings is 1. The van der Waals surface area contributed by atoms with Crippen molar-refractivity contribution < 1.29 is 9.90 Å². The zero-order chi connectivity index (χ0) is 12.0. The summed E-state index contributed by atoms with van der Waals surface area (Å²) in [4.78, 5) is 23.0. The zero-order valence-electron chi connectivity index (χ0n) is 8.88. The number of benzene rings is 1. The van der Waals surface area contributed by atoms with Gasteiger partial charge in [0.15, 0.2) is 0 Å². The number of allylic oxidation sites excluding steroid dienone is 1. The molecule has 0 saturated carbocycles. The molecule has 1 aromatic carbocycles. The number of para-hydroxylation sites is 1. The Morgan fingerprint density at radius 1 is 1.35 bits per heavy atom. The third-order valence-corrected chi connectivity index (χ3v) is 2.96. The Hall–Kier alpha value is -2.36. The van der Waals surface area contributed by atoms with E-state index in [0.717, 1.165) is 11.1 Å². The van der Waals surface area contributed by atoms with Crippen molar-refractivity contribution in [2.45, 2.75) is 6.54 Å². The van der Waals surface area contributed by atoms with Crippen molar-refractivity contribution in [2.75, 3.05) is 0 Å². The maximum atomic E-state index is 12.0. The molecule has 0 bridgehead atoms. The summed E-state index contributed by atoms with van der Waals surface area (Å²) in [5.74, 6) is -1.18. The number of nitrogens with zero attached hydrogens (tertiary/aromatic N) is 1. The molecule has 1 N–H and O–H groups in total. The maximum Gasteiger partial charge on any atom is 0.341 e. The molecule has 0 saturated heterocycles. The van der Waals surface area contributed by atoms with Crippen molar-refractivity contribution in [3.05, 3.63) is 51.8 Å². The summed E-state index contributed by atoms with van der Waals surface area (Å²) in [6.45, 7) is 0.591. The molecule has 84 valence electrons. The van der Waals surface area contributed by atoms with Crippen molar-refractivity contribution in [1.82, 2.24) is 4.57 Å². The number of rotatable bonds is 1. The van der Waals surface area contributed by atoms with Gasteiger partial charge in [0.25, 0.3) is 0 Å². The van der Waals surface area contributed by atoms with E-state index in [1.165, 1.54) is 6.20 Å². The molecule has 2 heterocycles. The van der Waals surface area contributed by atoms with Crippen molar-refractivity contribution >= 4 is 22.9 Å². The minimum atomic E-state index is -1.18. The molecular formula is C13H9NO3. The van der Waals surface area contributed by atoms with Crippen LogP contribution in [0.15, 0.2) is 35.3 Å². The van der Waals surface area contributed by atoms with Gasteiger partial charge in [-0.15, -0.1) is 0 Å². The lowest BCUT2D eigenvalue weighted by molar-refractivity contribution is 0.0695. The fourth-order valence-electron chi connectivity index (χ4n) is 2.21. The van der Waals surface area contributed by atoms with Crippen LogP contribution in [0.1, 0.15) is 15.9 Å². The summed E-state index contributed by atoms with van der Waals surface area (Å²) in [6.07, 6.45) is 5.31. The minimum absolute atomic E-state index is 0.176. The number of hydrogen-bond acceptors (Lipinski definition) is 2. The molecule has 4 heteroatoms. The Morgan fingerprint density at radius 2 is 2.18 bits per heavy atom. The highest BCUT2D eigenvalue weighted by Gasteiger charge is 2.16. The van der Waals surface area contributed by atoms with Crippen LogP contribution < -0.4 is 5.43 Å². The normalized spacial score (nSPS) is 12.9. The van der Waals surface area contributed by atoms with Crippen molar-refractivity contribution in [3.8, 4) is 0 Å². The molecule has 1 aromatic heterocycles. The van der Waals surface area contributed by atoms with Crippen LogP contribution in [-0.4, -0.2) is 15.6 Å². The van der Waals surface area contributed by atoms with E-state index in [0.29, 0.717) is 11.9 Å². The molecule has 0 spiro atoms. The van der Waals surface area contributed by atoms with Gasteiger partial charge in [0, 0.05) is 18.1 Å². The second-order valence-electron chi connectivity index (χ2n) is 3.98. The highest BCUT2D eigenvalue weighted by molar-refractivity contribution is 5.95. The summed E-state index contributed by atoms with van der Waals surface area (Å²) < 4.78 is 1.80. The van der Waals surface area contributed by atoms with E-state index in [1.54, 1.807) is 16.7 Å². The Labute approximate surface area is 96.4 Å². The predicted octanol–water partition coefficient (Wildman–Crippen LogP) is 1.73. The molecular weight excluding hydrogens is 218 g/mol. The Kier molecular flexibility index (Phi) is 1.92. The molecule has 2 aromatic rings. The molecule has 0 unspecified atom stereocenters. The standard InChI is InChI=1S/C13H9NO3/c15-12-9-5-1-3-8-4-2-6-14(11(8)9)7-10(12)13(16)17/h1-5,7H,6H2,(H,16,17). The van der Waals surface area contributed by atoms with Crippen LogP contribution in [0.4, 0.5) is 0 Å². The van der Waals surface area contributed by atoms with E-state index >= 15 is 0 Å². The molecule has 0 atom stereocenters. The fraction of sp³-hybridized carbons (Fsp3) is 0.0769. The molecule has 0 aliphatic carbocycles. The number of hydrogen-bond donors (Lipinski definition) is 1. The molecule has 4 nitrogen and oxygen atoms in total. The lowest BCUT2D eigenvalue weighted by Gasteiger charge is -2.15. The summed E-state index contributed by atoms with van der Waals surface area (Å²) in [5, 5.41) is 9.47. The Morgan fingerprint density at radius 3 is 2.94 bits per heavy atom. The van der Waals surface area contributed by atoms with Crippen LogP contribution in [0.25, 0.3) is 17.0 Å². The van der Waals surface area contributed by atoms with Crippen LogP contribution in [0, 0.1) is 0 Å². The van der Waals surface area contributed by atoms with Gasteiger partial charge in [0.2, 0.25) is 5.43 Å². The predicted molar refractivity (Wildman–Crippen MR) is 64.2 cm³/mol. The van der Waals surface area contributed by atoms with Crippen LogP contribution in [0.3, 0.4) is 0 Å². The lowest BCUT2D eigenvalue weighted by atomic mass is 10.0. The second kappa shape index (κ2) is 3.31. The van der Waals surface area contributed by atoms with Gasteiger partial charge in [-0.05, 0) is 11.6 Å². The van der Waals surface area contributed by atoms with E-state index < -0.39 is 11.4 Å². The second-order valence-corrected chi connectivity index (χ2v) is 3.98. The quantitative estimate of drug-likeness (QED) is 0.807. The van der Waals surface area contributed by atoms with E-state index in [2.05, 4.69) is 0 Å². The van der Waals surface area contributed by atoms with Gasteiger partial charge in [0.1, 0.15) is 5.56 Å². The highest BCUT2D eigenvalue weighted by atomic mass is 16.4. The highest BCUT2D eigenvalue weighted by Crippen LogP contribution is 2.21. The average Bonchev–Trinajstić information content (AvgIpc) is 2.33. The molecule has 1 aliphatic rings. The Balaban J connectivity index is 2.54. The first-order valence-corrected chi connectivity index (χ1v) is 5.24. The van der Waals surface area contributed by atoms with Gasteiger partial charge in [-0.3, -0.25) is 4.79 Å². The van der Waals surface area contributed by atoms with Gasteiger partial charge < -0.3 is 9.67 Å². The number of aromatic carboxylic acids is 1. The van der Waals surface area contributed by atoms with Gasteiger partial charge >= 0.3 is 5.97 Å². The fourth-order valence-corrected chi connectivity index (χ4v) is 2.21. The van der Waals surface area contributed by atoms with Crippen LogP contribution >= 0.6 is 0 Å². The monoisotopic (exact) mass is 227 g/mol. The van der Waals surface area contributed by atoms with Crippen LogP contribution in [0.2, 0.25) is 0 Å². The topological polar surface area (TPSA) is 59.3 Å². The third kappa shape index (κ3) is 1.30. The summed E-state index contributed by atoms with van der Waals surface area (Å²) in [6, 6.07) is 5.35. The van der Waals surface area contributed by atoms with E-state index in [-0.39, 0.29) is 5.56 Å². The first-order chi connectivity index (χ1) is 8.18. The van der Waals surface area contributed by atoms with Gasteiger partial charge in [-0.1, -0.05) is 24.3 Å². The number of carboxylic acids is 1. The first kappa shape index (κ1) is 9.84. The summed E-state index contributed by atoms with van der Waals surface area (Å²) in [7, 11) is 0. The lowest BCUT2D eigenvalue weighted by Crippen LogP contribution is -2.20. The number of carboxylic acid groups (broad SMARTS) is 1. The molecule has 0 amide bonds. The molecule has 17 heavy (non-hydrogen) atoms. The van der Waals surface area contributed by atoms with E-state index in [4.69, 9.17) is 5.11 Å². The van der Waals surface area contributed by atoms with Crippen LogP contribution in [0.5, 0.6) is 0 Å². The van der Waals surface area contributed by atoms with E-state index in [9.17, 15) is 9.59 Å². The zero-order valence-corrected chi connectivity index (χ0v) is 8.88. The Bertz CT molecular complexity index is 725. The maximum absolute atomic E-state index is 12.0. The van der Waals surface area contributed by atoms with Gasteiger partial charge in [-0.2, -0.15) is 0 Å². The largest absolute Gasteiger partial charge is 0.477 e. The van der Waals surface area contributed by atoms with Gasteiger partial charge in [-0.25, -0.2) is 4.79 Å². The SMILES string of the molecule is O=C(O)c1cn2c3c(cccc3c1=O)C=CC2. The van der Waals surface area contributed by atoms with Crippen LogP contribution in [-0.2, 0) is 6.54 Å². The molecule has 3 rings (SSSR count). The molecule has 1 aliphatic heterocycles. The number of carbonyl (C=O) groups is 1. The van der Waals surface area contributed by atoms with Crippen molar-refractivity contribution in [1.29, 1.82) is 0 Å². The first-order valence-electron chi connectivity index (χ1n) is 5.24. The number of aromatic nitrogens is 1. The minimum Gasteiger partial charge on any atom is -0.477 e. The molecule has 0 fully saturated rings. The smallest absolute Gasteiger partial charge is 0.341 e. The molecule has 0 radical (unpaired) electrons. The van der Waals surface area contributed by atoms with Gasteiger partial charge in [0.05, 0.1) is 5.52 Å². The average molecular weight is 227 g/mol. The third-order valence-electron chi connectivity index (χ3n) is 2.96. The summed E-state index contributed by atoms with van der Waals surface area (Å²) >= 11 is 0.